The highest BCUT2D eigenvalue weighted by Gasteiger charge is 2.19. The highest BCUT2D eigenvalue weighted by Crippen LogP contribution is 2.25. The molecule has 0 saturated carbocycles. The van der Waals surface area contributed by atoms with Crippen LogP contribution in [0.5, 0.6) is 0 Å². The lowest BCUT2D eigenvalue weighted by Gasteiger charge is -2.20. The summed E-state index contributed by atoms with van der Waals surface area (Å²) < 4.78 is 2.11. The first-order valence-corrected chi connectivity index (χ1v) is 10.3. The number of H-pyrrole nitrogens is 1. The van der Waals surface area contributed by atoms with Crippen molar-refractivity contribution in [3.8, 4) is 11.4 Å². The van der Waals surface area contributed by atoms with Crippen LogP contribution in [0.15, 0.2) is 41.8 Å². The topological polar surface area (TPSA) is 62.7 Å². The number of amides is 1. The van der Waals surface area contributed by atoms with E-state index >= 15 is 0 Å². The Morgan fingerprint density at radius 3 is 2.70 bits per heavy atom. The molecule has 0 spiro atoms. The SMILES string of the molecule is CC(C)CC(NC(=O)Cn1c(-c2ccc(Cl)cc2)n[nH]c1=S)c1cccs1. The predicted octanol–water partition coefficient (Wildman–Crippen LogP) is 5.23. The number of halogens is 1. The molecule has 5 nitrogen and oxygen atoms in total. The van der Waals surface area contributed by atoms with Crippen molar-refractivity contribution in [2.75, 3.05) is 0 Å². The second-order valence-corrected chi connectivity index (χ2v) is 8.51. The summed E-state index contributed by atoms with van der Waals surface area (Å²) in [6.45, 7) is 4.41. The van der Waals surface area contributed by atoms with Crippen LogP contribution < -0.4 is 5.32 Å². The number of carbonyl (C=O) groups excluding carboxylic acids is 1. The first kappa shape index (κ1) is 19.8. The van der Waals surface area contributed by atoms with Crippen molar-refractivity contribution in [1.82, 2.24) is 20.1 Å². The van der Waals surface area contributed by atoms with Gasteiger partial charge in [-0.25, -0.2) is 0 Å². The molecule has 142 valence electrons. The molecule has 0 radical (unpaired) electrons. The van der Waals surface area contributed by atoms with E-state index in [4.69, 9.17) is 23.8 Å². The molecule has 1 atom stereocenters. The number of thiophene rings is 1. The van der Waals surface area contributed by atoms with Gasteiger partial charge in [0.2, 0.25) is 5.91 Å². The molecule has 2 heterocycles. The Bertz CT molecular complexity index is 945. The monoisotopic (exact) mass is 420 g/mol. The highest BCUT2D eigenvalue weighted by molar-refractivity contribution is 7.71. The number of benzene rings is 1. The standard InChI is InChI=1S/C19H21ClN4OS2/c1-12(2)10-15(16-4-3-9-27-16)21-17(25)11-24-18(22-23-19(24)26)13-5-7-14(20)8-6-13/h3-9,12,15H,10-11H2,1-2H3,(H,21,25)(H,23,26). The highest BCUT2D eigenvalue weighted by atomic mass is 35.5. The van der Waals surface area contributed by atoms with Crippen LogP contribution in [0.25, 0.3) is 11.4 Å². The van der Waals surface area contributed by atoms with Crippen molar-refractivity contribution >= 4 is 41.1 Å². The van der Waals surface area contributed by atoms with Crippen LogP contribution in [0.3, 0.4) is 0 Å². The lowest BCUT2D eigenvalue weighted by Crippen LogP contribution is -2.32. The molecule has 3 rings (SSSR count). The summed E-state index contributed by atoms with van der Waals surface area (Å²) >= 11 is 12.9. The number of aromatic amines is 1. The molecule has 0 fully saturated rings. The molecule has 0 aliphatic heterocycles. The Morgan fingerprint density at radius 1 is 1.33 bits per heavy atom. The molecule has 2 N–H and O–H groups in total. The predicted molar refractivity (Wildman–Crippen MR) is 113 cm³/mol. The zero-order valence-electron chi connectivity index (χ0n) is 15.1. The van der Waals surface area contributed by atoms with Crippen molar-refractivity contribution in [2.24, 2.45) is 5.92 Å². The van der Waals surface area contributed by atoms with Crippen LogP contribution >= 0.6 is 35.2 Å². The molecule has 1 unspecified atom stereocenters. The maximum Gasteiger partial charge on any atom is 0.240 e. The Labute approximate surface area is 172 Å². The molecule has 2 aromatic heterocycles. The smallest absolute Gasteiger partial charge is 0.240 e. The number of nitrogens with one attached hydrogen (secondary N) is 2. The fourth-order valence-electron chi connectivity index (χ4n) is 2.87. The van der Waals surface area contributed by atoms with Crippen LogP contribution in [0, 0.1) is 10.7 Å². The van der Waals surface area contributed by atoms with Gasteiger partial charge < -0.3 is 5.32 Å². The molecule has 0 bridgehead atoms. The summed E-state index contributed by atoms with van der Waals surface area (Å²) in [6.07, 6.45) is 0.882. The maximum absolute atomic E-state index is 12.8. The number of hydrogen-bond acceptors (Lipinski definition) is 4. The minimum Gasteiger partial charge on any atom is -0.347 e. The van der Waals surface area contributed by atoms with Crippen LogP contribution in [-0.4, -0.2) is 20.7 Å². The number of rotatable bonds is 7. The van der Waals surface area contributed by atoms with Crippen LogP contribution in [0.2, 0.25) is 5.02 Å². The van der Waals surface area contributed by atoms with Gasteiger partial charge in [-0.3, -0.25) is 14.5 Å². The zero-order valence-corrected chi connectivity index (χ0v) is 17.5. The first-order valence-electron chi connectivity index (χ1n) is 8.68. The van der Waals surface area contributed by atoms with Crippen LogP contribution in [0.1, 0.15) is 31.2 Å². The van der Waals surface area contributed by atoms with Crippen molar-refractivity contribution in [3.63, 3.8) is 0 Å². The molecule has 27 heavy (non-hydrogen) atoms. The molecule has 0 aliphatic carbocycles. The average Bonchev–Trinajstić information content (AvgIpc) is 3.26. The lowest BCUT2D eigenvalue weighted by atomic mass is 10.0. The third-order valence-corrected chi connectivity index (χ3v) is 5.64. The summed E-state index contributed by atoms with van der Waals surface area (Å²) in [7, 11) is 0. The Balaban J connectivity index is 1.78. The third-order valence-electron chi connectivity index (χ3n) is 4.09. The van der Waals surface area contributed by atoms with Gasteiger partial charge in [0.05, 0.1) is 6.04 Å². The Hall–Kier alpha value is -1.96. The number of hydrogen-bond donors (Lipinski definition) is 2. The summed E-state index contributed by atoms with van der Waals surface area (Å²) in [5.74, 6) is 0.989. The van der Waals surface area contributed by atoms with Gasteiger partial charge in [-0.2, -0.15) is 5.10 Å². The summed E-state index contributed by atoms with van der Waals surface area (Å²) in [5.41, 5.74) is 0.844. The van der Waals surface area contributed by atoms with E-state index in [1.807, 2.05) is 23.6 Å². The third kappa shape index (κ3) is 5.06. The Morgan fingerprint density at radius 2 is 2.07 bits per heavy atom. The van der Waals surface area contributed by atoms with E-state index in [9.17, 15) is 4.79 Å². The van der Waals surface area contributed by atoms with Crippen molar-refractivity contribution in [3.05, 3.63) is 56.4 Å². The van der Waals surface area contributed by atoms with Gasteiger partial charge in [0.15, 0.2) is 10.6 Å². The van der Waals surface area contributed by atoms with Gasteiger partial charge in [0.1, 0.15) is 6.54 Å². The van der Waals surface area contributed by atoms with Crippen LogP contribution in [-0.2, 0) is 11.3 Å². The fraction of sp³-hybridized carbons (Fsp3) is 0.316. The molecular formula is C19H21ClN4OS2. The minimum absolute atomic E-state index is 0.00226. The summed E-state index contributed by atoms with van der Waals surface area (Å²) in [6, 6.07) is 11.3. The summed E-state index contributed by atoms with van der Waals surface area (Å²) in [5, 5.41) is 12.9. The minimum atomic E-state index is -0.0956. The van der Waals surface area contributed by atoms with Crippen molar-refractivity contribution in [1.29, 1.82) is 0 Å². The quantitative estimate of drug-likeness (QED) is 0.514. The van der Waals surface area contributed by atoms with Gasteiger partial charge in [-0.05, 0) is 60.3 Å². The zero-order chi connectivity index (χ0) is 19.4. The van der Waals surface area contributed by atoms with E-state index in [1.54, 1.807) is 28.0 Å². The van der Waals surface area contributed by atoms with Gasteiger partial charge >= 0.3 is 0 Å². The maximum atomic E-state index is 12.8. The van der Waals surface area contributed by atoms with E-state index in [0.717, 1.165) is 16.9 Å². The molecule has 0 saturated heterocycles. The largest absolute Gasteiger partial charge is 0.347 e. The van der Waals surface area contributed by atoms with Crippen molar-refractivity contribution in [2.45, 2.75) is 32.9 Å². The molecule has 8 heteroatoms. The average molecular weight is 421 g/mol. The lowest BCUT2D eigenvalue weighted by molar-refractivity contribution is -0.122. The molecule has 0 aliphatic rings. The van der Waals surface area contributed by atoms with Gasteiger partial charge in [0.25, 0.3) is 0 Å². The number of nitrogens with zero attached hydrogens (tertiary/aromatic N) is 2. The van der Waals surface area contributed by atoms with E-state index in [-0.39, 0.29) is 18.5 Å². The van der Waals surface area contributed by atoms with Gasteiger partial charge in [0, 0.05) is 15.5 Å². The normalized spacial score (nSPS) is 12.3. The second-order valence-electron chi connectivity index (χ2n) is 6.71. The molecule has 3 aromatic rings. The molecular weight excluding hydrogens is 400 g/mol. The van der Waals surface area contributed by atoms with E-state index < -0.39 is 0 Å². The second kappa shape index (κ2) is 8.82. The van der Waals surface area contributed by atoms with Crippen molar-refractivity contribution < 1.29 is 4.79 Å². The Kier molecular flexibility index (Phi) is 6.46. The summed E-state index contributed by atoms with van der Waals surface area (Å²) in [4.78, 5) is 13.9. The molecule has 1 amide bonds. The number of carbonyl (C=O) groups is 1. The van der Waals surface area contributed by atoms with Crippen LogP contribution in [0.4, 0.5) is 0 Å². The fourth-order valence-corrected chi connectivity index (χ4v) is 3.99. The van der Waals surface area contributed by atoms with Gasteiger partial charge in [-0.15, -0.1) is 11.3 Å². The van der Waals surface area contributed by atoms with E-state index in [2.05, 4.69) is 35.4 Å². The van der Waals surface area contributed by atoms with Gasteiger partial charge in [-0.1, -0.05) is 31.5 Å². The molecule has 1 aromatic carbocycles. The number of aromatic nitrogens is 3. The first-order chi connectivity index (χ1) is 12.9. The van der Waals surface area contributed by atoms with E-state index in [1.165, 1.54) is 0 Å². The van der Waals surface area contributed by atoms with E-state index in [0.29, 0.717) is 21.5 Å².